The maximum Gasteiger partial charge on any atom is 0.130 e. The first-order valence-corrected chi connectivity index (χ1v) is 4.93. The number of hydrogen-bond acceptors (Lipinski definition) is 2. The molecule has 0 aliphatic rings. The van der Waals surface area contributed by atoms with Crippen molar-refractivity contribution in [2.24, 2.45) is 0 Å². The van der Waals surface area contributed by atoms with Crippen molar-refractivity contribution in [3.8, 4) is 0 Å². The molecule has 1 heterocycles. The van der Waals surface area contributed by atoms with E-state index in [0.29, 0.717) is 6.42 Å². The highest BCUT2D eigenvalue weighted by molar-refractivity contribution is 5.75. The standard InChI is InChI=1S/C11H18N2O/c1-9(14)5-6-10-7-12-13(8-10)11(2,3)4/h7-8H,5-6H2,1-4H3. The average molecular weight is 194 g/mol. The predicted octanol–water partition coefficient (Wildman–Crippen LogP) is 2.16. The van der Waals surface area contributed by atoms with Gasteiger partial charge in [0.1, 0.15) is 5.78 Å². The maximum absolute atomic E-state index is 10.8. The van der Waals surface area contributed by atoms with Crippen molar-refractivity contribution in [2.45, 2.75) is 46.1 Å². The summed E-state index contributed by atoms with van der Waals surface area (Å²) in [5, 5.41) is 4.27. The number of ketones is 1. The lowest BCUT2D eigenvalue weighted by Gasteiger charge is -2.18. The molecule has 0 aliphatic carbocycles. The molecule has 0 aliphatic heterocycles. The Kier molecular flexibility index (Phi) is 3.09. The van der Waals surface area contributed by atoms with Crippen LogP contribution in [0.3, 0.4) is 0 Å². The van der Waals surface area contributed by atoms with Crippen LogP contribution < -0.4 is 0 Å². The van der Waals surface area contributed by atoms with Crippen LogP contribution in [-0.4, -0.2) is 15.6 Å². The van der Waals surface area contributed by atoms with Crippen LogP contribution >= 0.6 is 0 Å². The maximum atomic E-state index is 10.8. The summed E-state index contributed by atoms with van der Waals surface area (Å²) in [6, 6.07) is 0. The first-order chi connectivity index (χ1) is 6.39. The molecule has 0 radical (unpaired) electrons. The number of carbonyl (C=O) groups is 1. The summed E-state index contributed by atoms with van der Waals surface area (Å²) in [6.07, 6.45) is 5.26. The van der Waals surface area contributed by atoms with E-state index in [2.05, 4.69) is 25.9 Å². The van der Waals surface area contributed by atoms with Crippen LogP contribution in [0.25, 0.3) is 0 Å². The second-order valence-electron chi connectivity index (χ2n) is 4.67. The Morgan fingerprint density at radius 1 is 1.50 bits per heavy atom. The van der Waals surface area contributed by atoms with Gasteiger partial charge in [0.25, 0.3) is 0 Å². The van der Waals surface area contributed by atoms with Crippen molar-refractivity contribution in [1.82, 2.24) is 9.78 Å². The molecule has 3 nitrogen and oxygen atoms in total. The van der Waals surface area contributed by atoms with Crippen LogP contribution in [0.4, 0.5) is 0 Å². The fourth-order valence-corrected chi connectivity index (χ4v) is 1.18. The van der Waals surface area contributed by atoms with Gasteiger partial charge in [0.15, 0.2) is 0 Å². The van der Waals surface area contributed by atoms with E-state index in [9.17, 15) is 4.79 Å². The minimum Gasteiger partial charge on any atom is -0.300 e. The Bertz CT molecular complexity index is 320. The van der Waals surface area contributed by atoms with Crippen molar-refractivity contribution >= 4 is 5.78 Å². The quantitative estimate of drug-likeness (QED) is 0.739. The van der Waals surface area contributed by atoms with Gasteiger partial charge in [-0.05, 0) is 39.7 Å². The van der Waals surface area contributed by atoms with Crippen LogP contribution in [0.15, 0.2) is 12.4 Å². The molecule has 0 unspecified atom stereocenters. The summed E-state index contributed by atoms with van der Waals surface area (Å²) in [5.74, 6) is 0.230. The summed E-state index contributed by atoms with van der Waals surface area (Å²) in [7, 11) is 0. The van der Waals surface area contributed by atoms with Gasteiger partial charge in [0.05, 0.1) is 11.7 Å². The zero-order valence-corrected chi connectivity index (χ0v) is 9.37. The van der Waals surface area contributed by atoms with E-state index in [1.165, 1.54) is 0 Å². The average Bonchev–Trinajstić information content (AvgIpc) is 2.47. The topological polar surface area (TPSA) is 34.9 Å². The van der Waals surface area contributed by atoms with Crippen LogP contribution in [0.2, 0.25) is 0 Å². The smallest absolute Gasteiger partial charge is 0.130 e. The fourth-order valence-electron chi connectivity index (χ4n) is 1.18. The Labute approximate surface area is 85.1 Å². The van der Waals surface area contributed by atoms with Gasteiger partial charge >= 0.3 is 0 Å². The second kappa shape index (κ2) is 3.95. The van der Waals surface area contributed by atoms with Gasteiger partial charge < -0.3 is 4.79 Å². The molecule has 0 fully saturated rings. The van der Waals surface area contributed by atoms with E-state index in [-0.39, 0.29) is 11.3 Å². The largest absolute Gasteiger partial charge is 0.300 e. The zero-order valence-electron chi connectivity index (χ0n) is 9.37. The van der Waals surface area contributed by atoms with Gasteiger partial charge in [-0.1, -0.05) is 0 Å². The van der Waals surface area contributed by atoms with Gasteiger partial charge in [0.2, 0.25) is 0 Å². The van der Waals surface area contributed by atoms with E-state index in [0.717, 1.165) is 12.0 Å². The molecule has 0 atom stereocenters. The lowest BCUT2D eigenvalue weighted by atomic mass is 10.1. The van der Waals surface area contributed by atoms with E-state index < -0.39 is 0 Å². The van der Waals surface area contributed by atoms with E-state index >= 15 is 0 Å². The highest BCUT2D eigenvalue weighted by Gasteiger charge is 2.13. The minimum atomic E-state index is 0.0223. The summed E-state index contributed by atoms with van der Waals surface area (Å²) >= 11 is 0. The van der Waals surface area contributed by atoms with Gasteiger partial charge in [-0.15, -0.1) is 0 Å². The third kappa shape index (κ3) is 2.98. The van der Waals surface area contributed by atoms with Gasteiger partial charge in [-0.25, -0.2) is 0 Å². The molecule has 0 spiro atoms. The van der Waals surface area contributed by atoms with Crippen LogP contribution in [0.1, 0.15) is 39.7 Å². The molecule has 78 valence electrons. The summed E-state index contributed by atoms with van der Waals surface area (Å²) in [5.41, 5.74) is 1.16. The lowest BCUT2D eigenvalue weighted by Crippen LogP contribution is -2.21. The predicted molar refractivity (Wildman–Crippen MR) is 56.2 cm³/mol. The van der Waals surface area contributed by atoms with E-state index in [1.807, 2.05) is 17.1 Å². The molecular weight excluding hydrogens is 176 g/mol. The molecule has 1 aromatic rings. The molecule has 1 rings (SSSR count). The number of Topliss-reactive ketones (excluding diaryl/α,β-unsaturated/α-hetero) is 1. The third-order valence-corrected chi connectivity index (χ3v) is 2.09. The molecule has 0 N–H and O–H groups in total. The number of aromatic nitrogens is 2. The lowest BCUT2D eigenvalue weighted by molar-refractivity contribution is -0.116. The first kappa shape index (κ1) is 11.0. The molecule has 0 bridgehead atoms. The highest BCUT2D eigenvalue weighted by atomic mass is 16.1. The molecule has 0 aromatic carbocycles. The van der Waals surface area contributed by atoms with Crippen molar-refractivity contribution in [2.75, 3.05) is 0 Å². The number of nitrogens with zero attached hydrogens (tertiary/aromatic N) is 2. The Morgan fingerprint density at radius 2 is 2.14 bits per heavy atom. The molecule has 1 aromatic heterocycles. The molecule has 3 heteroatoms. The monoisotopic (exact) mass is 194 g/mol. The van der Waals surface area contributed by atoms with E-state index in [1.54, 1.807) is 6.92 Å². The fraction of sp³-hybridized carbons (Fsp3) is 0.636. The first-order valence-electron chi connectivity index (χ1n) is 4.93. The summed E-state index contributed by atoms with van der Waals surface area (Å²) in [6.45, 7) is 7.94. The Balaban J connectivity index is 2.64. The molecule has 14 heavy (non-hydrogen) atoms. The molecule has 0 amide bonds. The van der Waals surface area contributed by atoms with Crippen LogP contribution in [-0.2, 0) is 16.8 Å². The van der Waals surface area contributed by atoms with E-state index in [4.69, 9.17) is 0 Å². The normalized spacial score (nSPS) is 11.7. The van der Waals surface area contributed by atoms with Crippen molar-refractivity contribution in [3.05, 3.63) is 18.0 Å². The van der Waals surface area contributed by atoms with Crippen molar-refractivity contribution in [1.29, 1.82) is 0 Å². The number of carbonyl (C=O) groups excluding carboxylic acids is 1. The Hall–Kier alpha value is -1.12. The van der Waals surface area contributed by atoms with Gasteiger partial charge in [0, 0.05) is 12.6 Å². The highest BCUT2D eigenvalue weighted by Crippen LogP contribution is 2.13. The van der Waals surface area contributed by atoms with Crippen LogP contribution in [0, 0.1) is 0 Å². The molecule has 0 saturated heterocycles. The number of rotatable bonds is 3. The second-order valence-corrected chi connectivity index (χ2v) is 4.67. The zero-order chi connectivity index (χ0) is 10.8. The SMILES string of the molecule is CC(=O)CCc1cnn(C(C)(C)C)c1. The summed E-state index contributed by atoms with van der Waals surface area (Å²) < 4.78 is 1.93. The number of aryl methyl sites for hydroxylation is 1. The van der Waals surface area contributed by atoms with Crippen molar-refractivity contribution in [3.63, 3.8) is 0 Å². The van der Waals surface area contributed by atoms with Crippen LogP contribution in [0.5, 0.6) is 0 Å². The Morgan fingerprint density at radius 3 is 2.57 bits per heavy atom. The third-order valence-electron chi connectivity index (χ3n) is 2.09. The van der Waals surface area contributed by atoms with Gasteiger partial charge in [-0.3, -0.25) is 4.68 Å². The molecular formula is C11H18N2O. The molecule has 0 saturated carbocycles. The van der Waals surface area contributed by atoms with Crippen molar-refractivity contribution < 1.29 is 4.79 Å². The summed E-state index contributed by atoms with van der Waals surface area (Å²) in [4.78, 5) is 10.8. The van der Waals surface area contributed by atoms with Gasteiger partial charge in [-0.2, -0.15) is 5.10 Å². The minimum absolute atomic E-state index is 0.0223. The number of hydrogen-bond donors (Lipinski definition) is 0.